The van der Waals surface area contributed by atoms with Crippen LogP contribution in [0.3, 0.4) is 0 Å². The molecule has 3 atom stereocenters. The molecule has 1 aliphatic carbocycles. The van der Waals surface area contributed by atoms with Crippen molar-refractivity contribution < 1.29 is 22.7 Å². The minimum atomic E-state index is -4.38. The normalized spacial score (nSPS) is 20.1. The second-order valence-electron chi connectivity index (χ2n) is 6.75. The van der Waals surface area contributed by atoms with Gasteiger partial charge >= 0.3 is 6.18 Å². The van der Waals surface area contributed by atoms with E-state index in [2.05, 4.69) is 20.3 Å². The molecule has 3 heterocycles. The number of H-pyrrole nitrogens is 1. The van der Waals surface area contributed by atoms with Crippen molar-refractivity contribution in [2.45, 2.75) is 31.5 Å². The quantitative estimate of drug-likeness (QED) is 0.645. The number of thiophene rings is 1. The number of rotatable bonds is 6. The molecule has 0 aliphatic heterocycles. The maximum absolute atomic E-state index is 12.5. The fourth-order valence-electron chi connectivity index (χ4n) is 3.03. The van der Waals surface area contributed by atoms with Crippen molar-refractivity contribution in [2.24, 2.45) is 5.92 Å². The summed E-state index contributed by atoms with van der Waals surface area (Å²) in [7, 11) is 0. The van der Waals surface area contributed by atoms with Gasteiger partial charge in [-0.05, 0) is 31.5 Å². The molecule has 0 radical (unpaired) electrons. The van der Waals surface area contributed by atoms with Crippen LogP contribution in [0.1, 0.15) is 36.0 Å². The summed E-state index contributed by atoms with van der Waals surface area (Å²) in [5.41, 5.74) is 1.65. The average Bonchev–Trinajstić information content (AvgIpc) is 3.11. The van der Waals surface area contributed by atoms with E-state index in [-0.39, 0.29) is 28.8 Å². The van der Waals surface area contributed by atoms with Gasteiger partial charge in [0.2, 0.25) is 5.91 Å². The van der Waals surface area contributed by atoms with Gasteiger partial charge in [-0.25, -0.2) is 4.98 Å². The van der Waals surface area contributed by atoms with Crippen LogP contribution in [0.2, 0.25) is 0 Å². The van der Waals surface area contributed by atoms with Crippen molar-refractivity contribution in [2.75, 3.05) is 6.61 Å². The smallest absolute Gasteiger partial charge is 0.422 e. The van der Waals surface area contributed by atoms with Crippen molar-refractivity contribution in [3.8, 4) is 5.06 Å². The number of hydrogen-bond acceptors (Lipinski definition) is 5. The zero-order valence-corrected chi connectivity index (χ0v) is 15.6. The Morgan fingerprint density at radius 2 is 2.25 bits per heavy atom. The maximum Gasteiger partial charge on any atom is 0.422 e. The summed E-state index contributed by atoms with van der Waals surface area (Å²) in [6.45, 7) is 0.464. The van der Waals surface area contributed by atoms with Crippen LogP contribution in [-0.2, 0) is 4.79 Å². The minimum absolute atomic E-state index is 0.0358. The summed E-state index contributed by atoms with van der Waals surface area (Å²) >= 11 is 1.09. The lowest BCUT2D eigenvalue weighted by atomic mass is 10.2. The second-order valence-corrected chi connectivity index (χ2v) is 7.83. The van der Waals surface area contributed by atoms with Gasteiger partial charge in [-0.15, -0.1) is 11.3 Å². The van der Waals surface area contributed by atoms with Crippen molar-refractivity contribution in [1.82, 2.24) is 20.3 Å². The summed E-state index contributed by atoms with van der Waals surface area (Å²) in [6.07, 6.45) is -0.312. The highest BCUT2D eigenvalue weighted by molar-refractivity contribution is 7.13. The molecule has 2 N–H and O–H groups in total. The number of nitrogens with zero attached hydrogens (tertiary/aromatic N) is 2. The number of fused-ring (bicyclic) bond motifs is 1. The number of nitrogens with one attached hydrogen (secondary N) is 2. The maximum atomic E-state index is 12.5. The lowest BCUT2D eigenvalue weighted by molar-refractivity contribution is -0.152. The van der Waals surface area contributed by atoms with Gasteiger partial charge in [0.05, 0.1) is 23.3 Å². The number of carbonyl (C=O) groups is 1. The first kappa shape index (κ1) is 18.7. The number of ether oxygens (including phenoxy) is 1. The lowest BCUT2D eigenvalue weighted by Gasteiger charge is -2.12. The highest BCUT2D eigenvalue weighted by Gasteiger charge is 2.46. The van der Waals surface area contributed by atoms with Crippen LogP contribution in [-0.4, -0.2) is 33.6 Å². The number of aromatic nitrogens is 3. The zero-order chi connectivity index (χ0) is 19.9. The van der Waals surface area contributed by atoms with Gasteiger partial charge in [-0.1, -0.05) is 0 Å². The molecule has 0 aromatic carbocycles. The van der Waals surface area contributed by atoms with Gasteiger partial charge in [-0.2, -0.15) is 13.2 Å². The number of halogens is 3. The number of hydrogen-bond donors (Lipinski definition) is 2. The molecule has 0 spiro atoms. The van der Waals surface area contributed by atoms with Crippen LogP contribution in [0, 0.1) is 5.92 Å². The molecule has 0 saturated heterocycles. The van der Waals surface area contributed by atoms with Crippen LogP contribution in [0.5, 0.6) is 5.06 Å². The van der Waals surface area contributed by atoms with E-state index < -0.39 is 12.8 Å². The number of aromatic amines is 1. The van der Waals surface area contributed by atoms with Crippen LogP contribution >= 0.6 is 11.3 Å². The molecule has 1 saturated carbocycles. The van der Waals surface area contributed by atoms with E-state index in [4.69, 9.17) is 4.74 Å². The molecule has 1 aliphatic rings. The third kappa shape index (κ3) is 4.11. The Hall–Kier alpha value is -2.62. The van der Waals surface area contributed by atoms with Crippen molar-refractivity contribution in [3.05, 3.63) is 41.3 Å². The molecule has 0 bridgehead atoms. The second kappa shape index (κ2) is 7.08. The Morgan fingerprint density at radius 1 is 1.43 bits per heavy atom. The molecule has 1 fully saturated rings. The largest absolute Gasteiger partial charge is 0.475 e. The Kier molecular flexibility index (Phi) is 4.74. The van der Waals surface area contributed by atoms with E-state index in [1.165, 1.54) is 6.07 Å². The number of imidazole rings is 1. The van der Waals surface area contributed by atoms with E-state index in [9.17, 15) is 18.0 Å². The van der Waals surface area contributed by atoms with Crippen LogP contribution in [0.15, 0.2) is 30.6 Å². The Labute approximate surface area is 162 Å². The number of alkyl halides is 3. The minimum Gasteiger partial charge on any atom is -0.475 e. The molecule has 28 heavy (non-hydrogen) atoms. The van der Waals surface area contributed by atoms with Gasteiger partial charge in [0, 0.05) is 22.9 Å². The van der Waals surface area contributed by atoms with Gasteiger partial charge < -0.3 is 15.0 Å². The fraction of sp³-hybridized carbons (Fsp3) is 0.389. The van der Waals surface area contributed by atoms with Crippen molar-refractivity contribution in [3.63, 3.8) is 0 Å². The molecule has 4 rings (SSSR count). The lowest BCUT2D eigenvalue weighted by Crippen LogP contribution is -2.28. The molecular weight excluding hydrogens is 393 g/mol. The first-order chi connectivity index (χ1) is 13.3. The summed E-state index contributed by atoms with van der Waals surface area (Å²) in [5.74, 6) is 0.544. The molecule has 3 aromatic rings. The standard InChI is InChI=1S/C18H17F3N4O2S/c1-9(14-2-3-15(28-14)27-8-18(19,20)21)23-17(26)11-6-10(11)16-24-12-4-5-22-7-13(12)25-16/h2-5,7,9-11H,6,8H2,1H3,(H,23,26)(H,24,25)/t9-,10-,11-/m1/s1. The molecule has 3 aromatic heterocycles. The Balaban J connectivity index is 1.33. The predicted molar refractivity (Wildman–Crippen MR) is 97.2 cm³/mol. The van der Waals surface area contributed by atoms with Gasteiger partial charge in [-0.3, -0.25) is 9.78 Å². The van der Waals surface area contributed by atoms with Gasteiger partial charge in [0.25, 0.3) is 0 Å². The molecule has 0 unspecified atom stereocenters. The third-order valence-corrected chi connectivity index (χ3v) is 5.73. The predicted octanol–water partition coefficient (Wildman–Crippen LogP) is 3.94. The van der Waals surface area contributed by atoms with Crippen molar-refractivity contribution >= 4 is 28.3 Å². The van der Waals surface area contributed by atoms with Crippen LogP contribution in [0.4, 0.5) is 13.2 Å². The fourth-order valence-corrected chi connectivity index (χ4v) is 3.89. The summed E-state index contributed by atoms with van der Waals surface area (Å²) in [5, 5.41) is 3.09. The summed E-state index contributed by atoms with van der Waals surface area (Å²) in [6, 6.07) is 4.64. The molecule has 10 heteroatoms. The Morgan fingerprint density at radius 3 is 3.00 bits per heavy atom. The van der Waals surface area contributed by atoms with Crippen LogP contribution in [0.25, 0.3) is 11.0 Å². The highest BCUT2D eigenvalue weighted by Crippen LogP contribution is 2.47. The Bertz CT molecular complexity index is 967. The molecule has 148 valence electrons. The number of amides is 1. The first-order valence-electron chi connectivity index (χ1n) is 8.69. The van der Waals surface area contributed by atoms with Crippen molar-refractivity contribution in [1.29, 1.82) is 0 Å². The third-order valence-electron chi connectivity index (χ3n) is 4.55. The van der Waals surface area contributed by atoms with E-state index in [1.54, 1.807) is 25.4 Å². The molecular formula is C18H17F3N4O2S. The van der Waals surface area contributed by atoms with E-state index in [0.717, 1.165) is 33.1 Å². The SMILES string of the molecule is C[C@@H](NC(=O)[C@@H]1C[C@H]1c1nc2ccncc2[nH]1)c1ccc(OCC(F)(F)F)s1. The van der Waals surface area contributed by atoms with E-state index in [1.807, 2.05) is 6.07 Å². The summed E-state index contributed by atoms with van der Waals surface area (Å²) in [4.78, 5) is 25.0. The van der Waals surface area contributed by atoms with Gasteiger partial charge in [0.1, 0.15) is 5.82 Å². The number of pyridine rings is 1. The molecule has 6 nitrogen and oxygen atoms in total. The van der Waals surface area contributed by atoms with Crippen LogP contribution < -0.4 is 10.1 Å². The first-order valence-corrected chi connectivity index (χ1v) is 9.51. The topological polar surface area (TPSA) is 79.9 Å². The molecule has 1 amide bonds. The average molecular weight is 410 g/mol. The van der Waals surface area contributed by atoms with E-state index in [0.29, 0.717) is 6.42 Å². The zero-order valence-electron chi connectivity index (χ0n) is 14.8. The van der Waals surface area contributed by atoms with Gasteiger partial charge in [0.15, 0.2) is 11.7 Å². The summed E-state index contributed by atoms with van der Waals surface area (Å²) < 4.78 is 41.4. The van der Waals surface area contributed by atoms with E-state index >= 15 is 0 Å². The monoisotopic (exact) mass is 410 g/mol. The number of carbonyl (C=O) groups excluding carboxylic acids is 1. The highest BCUT2D eigenvalue weighted by atomic mass is 32.1.